The van der Waals surface area contributed by atoms with E-state index in [0.29, 0.717) is 32.6 Å². The maximum Gasteiger partial charge on any atom is 0.407 e. The first kappa shape index (κ1) is 16.6. The van der Waals surface area contributed by atoms with Crippen molar-refractivity contribution in [2.75, 3.05) is 36.1 Å². The summed E-state index contributed by atoms with van der Waals surface area (Å²) in [5.41, 5.74) is 4.62. The standard InChI is InChI=1S/C15H24N6O3/c1-10-12(21-11(22)9-15(2,3)17-21)13(16-18(10)4)19-5-7-20(8-6-19)14(23)24/h17H,5-9H2,1-4H3,(H,23,24). The molecule has 0 spiro atoms. The van der Waals surface area contributed by atoms with E-state index in [1.807, 2.05) is 32.7 Å². The third kappa shape index (κ3) is 2.79. The molecule has 0 aromatic carbocycles. The molecule has 2 N–H and O–H groups in total. The summed E-state index contributed by atoms with van der Waals surface area (Å²) in [7, 11) is 1.85. The van der Waals surface area contributed by atoms with Gasteiger partial charge in [0.25, 0.3) is 0 Å². The van der Waals surface area contributed by atoms with Crippen LogP contribution in [-0.4, -0.2) is 63.5 Å². The third-order valence-electron chi connectivity index (χ3n) is 4.62. The molecule has 132 valence electrons. The largest absolute Gasteiger partial charge is 0.465 e. The van der Waals surface area contributed by atoms with E-state index in [0.717, 1.165) is 17.2 Å². The van der Waals surface area contributed by atoms with Crippen LogP contribution in [0.3, 0.4) is 0 Å². The fourth-order valence-corrected chi connectivity index (χ4v) is 3.21. The quantitative estimate of drug-likeness (QED) is 0.819. The molecule has 2 fully saturated rings. The number of nitrogens with one attached hydrogen (secondary N) is 1. The normalized spacial score (nSPS) is 20.8. The molecule has 0 atom stereocenters. The first-order chi connectivity index (χ1) is 11.2. The van der Waals surface area contributed by atoms with Crippen LogP contribution < -0.4 is 15.3 Å². The van der Waals surface area contributed by atoms with Crippen molar-refractivity contribution in [2.24, 2.45) is 7.05 Å². The zero-order valence-corrected chi connectivity index (χ0v) is 14.5. The highest BCUT2D eigenvalue weighted by molar-refractivity contribution is 5.98. The lowest BCUT2D eigenvalue weighted by atomic mass is 10.0. The van der Waals surface area contributed by atoms with Crippen molar-refractivity contribution in [1.29, 1.82) is 0 Å². The Hall–Kier alpha value is -2.29. The molecule has 2 saturated heterocycles. The van der Waals surface area contributed by atoms with Crippen molar-refractivity contribution in [2.45, 2.75) is 32.7 Å². The summed E-state index contributed by atoms with van der Waals surface area (Å²) < 4.78 is 1.76. The summed E-state index contributed by atoms with van der Waals surface area (Å²) in [4.78, 5) is 27.0. The summed E-state index contributed by atoms with van der Waals surface area (Å²) in [6, 6.07) is 0. The number of hydrogen-bond acceptors (Lipinski definition) is 5. The summed E-state index contributed by atoms with van der Waals surface area (Å²) in [6.45, 7) is 7.88. The number of carbonyl (C=O) groups is 2. The zero-order valence-electron chi connectivity index (χ0n) is 14.5. The number of rotatable bonds is 2. The van der Waals surface area contributed by atoms with E-state index in [-0.39, 0.29) is 11.4 Å². The van der Waals surface area contributed by atoms with Gasteiger partial charge in [0.15, 0.2) is 5.82 Å². The van der Waals surface area contributed by atoms with Gasteiger partial charge < -0.3 is 14.9 Å². The Kier molecular flexibility index (Phi) is 3.90. The average Bonchev–Trinajstić information content (AvgIpc) is 2.95. The number of hydrazine groups is 1. The minimum Gasteiger partial charge on any atom is -0.465 e. The van der Waals surface area contributed by atoms with Crippen LogP contribution in [0.2, 0.25) is 0 Å². The van der Waals surface area contributed by atoms with Crippen LogP contribution >= 0.6 is 0 Å². The fraction of sp³-hybridized carbons (Fsp3) is 0.667. The molecule has 0 saturated carbocycles. The van der Waals surface area contributed by atoms with Gasteiger partial charge in [-0.1, -0.05) is 0 Å². The predicted molar refractivity (Wildman–Crippen MR) is 89.1 cm³/mol. The molecule has 2 amide bonds. The SMILES string of the molecule is Cc1c(N2NC(C)(C)CC2=O)c(N2CCN(C(=O)O)CC2)nn1C. The van der Waals surface area contributed by atoms with Crippen molar-refractivity contribution < 1.29 is 14.7 Å². The first-order valence-electron chi connectivity index (χ1n) is 8.07. The van der Waals surface area contributed by atoms with E-state index in [2.05, 4.69) is 10.5 Å². The Morgan fingerprint density at radius 3 is 2.38 bits per heavy atom. The van der Waals surface area contributed by atoms with Gasteiger partial charge in [-0.3, -0.25) is 9.48 Å². The molecule has 3 heterocycles. The van der Waals surface area contributed by atoms with Crippen molar-refractivity contribution in [3.05, 3.63) is 5.69 Å². The molecule has 1 aromatic heterocycles. The highest BCUT2D eigenvalue weighted by atomic mass is 16.4. The second-order valence-electron chi connectivity index (χ2n) is 7.04. The van der Waals surface area contributed by atoms with Crippen molar-refractivity contribution >= 4 is 23.5 Å². The Morgan fingerprint density at radius 1 is 1.25 bits per heavy atom. The second-order valence-corrected chi connectivity index (χ2v) is 7.04. The van der Waals surface area contributed by atoms with Crippen LogP contribution in [0.15, 0.2) is 0 Å². The van der Waals surface area contributed by atoms with Crippen molar-refractivity contribution in [3.63, 3.8) is 0 Å². The van der Waals surface area contributed by atoms with E-state index < -0.39 is 6.09 Å². The molecule has 0 bridgehead atoms. The Morgan fingerprint density at radius 2 is 1.88 bits per heavy atom. The first-order valence-corrected chi connectivity index (χ1v) is 8.07. The fourth-order valence-electron chi connectivity index (χ4n) is 3.21. The van der Waals surface area contributed by atoms with Crippen LogP contribution in [0.25, 0.3) is 0 Å². The topological polar surface area (TPSA) is 93.9 Å². The van der Waals surface area contributed by atoms with Crippen LogP contribution in [0.4, 0.5) is 16.3 Å². The molecule has 1 aromatic rings. The average molecular weight is 336 g/mol. The number of anilines is 2. The minimum absolute atomic E-state index is 0.0153. The van der Waals surface area contributed by atoms with Gasteiger partial charge in [0.1, 0.15) is 5.69 Å². The number of amides is 2. The van der Waals surface area contributed by atoms with Gasteiger partial charge in [0.05, 0.1) is 5.69 Å². The monoisotopic (exact) mass is 336 g/mol. The molecule has 9 nitrogen and oxygen atoms in total. The summed E-state index contributed by atoms with van der Waals surface area (Å²) in [5, 5.41) is 15.3. The third-order valence-corrected chi connectivity index (χ3v) is 4.62. The van der Waals surface area contributed by atoms with Crippen LogP contribution in [0, 0.1) is 6.92 Å². The number of carboxylic acid groups (broad SMARTS) is 1. The van der Waals surface area contributed by atoms with Crippen molar-refractivity contribution in [3.8, 4) is 0 Å². The molecule has 2 aliphatic rings. The minimum atomic E-state index is -0.898. The van der Waals surface area contributed by atoms with Crippen LogP contribution in [-0.2, 0) is 11.8 Å². The maximum atomic E-state index is 12.5. The Bertz CT molecular complexity index is 675. The van der Waals surface area contributed by atoms with Crippen LogP contribution in [0.1, 0.15) is 26.0 Å². The van der Waals surface area contributed by atoms with Gasteiger partial charge in [-0.25, -0.2) is 15.2 Å². The lowest BCUT2D eigenvalue weighted by Gasteiger charge is -2.34. The number of aromatic nitrogens is 2. The Labute approximate surface area is 140 Å². The van der Waals surface area contributed by atoms with E-state index in [4.69, 9.17) is 5.11 Å². The molecule has 0 radical (unpaired) electrons. The highest BCUT2D eigenvalue weighted by Gasteiger charge is 2.40. The number of nitrogens with zero attached hydrogens (tertiary/aromatic N) is 5. The molecular weight excluding hydrogens is 312 g/mol. The van der Waals surface area contributed by atoms with Gasteiger partial charge >= 0.3 is 6.09 Å². The van der Waals surface area contributed by atoms with Gasteiger partial charge in [-0.05, 0) is 20.8 Å². The second kappa shape index (κ2) is 5.66. The lowest BCUT2D eigenvalue weighted by Crippen LogP contribution is -2.49. The van der Waals surface area contributed by atoms with Crippen molar-refractivity contribution in [1.82, 2.24) is 20.1 Å². The Balaban J connectivity index is 1.89. The summed E-state index contributed by atoms with van der Waals surface area (Å²) in [6.07, 6.45) is -0.474. The van der Waals surface area contributed by atoms with E-state index in [1.54, 1.807) is 9.69 Å². The van der Waals surface area contributed by atoms with Gasteiger partial charge in [-0.15, -0.1) is 0 Å². The molecule has 3 rings (SSSR count). The van der Waals surface area contributed by atoms with Gasteiger partial charge in [-0.2, -0.15) is 5.10 Å². The van der Waals surface area contributed by atoms with E-state index in [1.165, 1.54) is 4.90 Å². The summed E-state index contributed by atoms with van der Waals surface area (Å²) >= 11 is 0. The molecule has 2 aliphatic heterocycles. The molecular formula is C15H24N6O3. The molecule has 9 heteroatoms. The maximum absolute atomic E-state index is 12.5. The molecule has 0 unspecified atom stereocenters. The highest BCUT2D eigenvalue weighted by Crippen LogP contribution is 2.35. The molecule has 0 aliphatic carbocycles. The summed E-state index contributed by atoms with van der Waals surface area (Å²) in [5.74, 6) is 0.736. The predicted octanol–water partition coefficient (Wildman–Crippen LogP) is 0.548. The number of hydrogen-bond donors (Lipinski definition) is 2. The van der Waals surface area contributed by atoms with E-state index in [9.17, 15) is 9.59 Å². The van der Waals surface area contributed by atoms with Gasteiger partial charge in [0, 0.05) is 45.2 Å². The molecule has 24 heavy (non-hydrogen) atoms. The number of aryl methyl sites for hydroxylation is 1. The number of piperazine rings is 1. The smallest absolute Gasteiger partial charge is 0.407 e. The number of carbonyl (C=O) groups excluding carboxylic acids is 1. The van der Waals surface area contributed by atoms with Crippen LogP contribution in [0.5, 0.6) is 0 Å². The van der Waals surface area contributed by atoms with Gasteiger partial charge in [0.2, 0.25) is 5.91 Å². The zero-order chi connectivity index (χ0) is 17.6. The lowest BCUT2D eigenvalue weighted by molar-refractivity contribution is -0.117. The van der Waals surface area contributed by atoms with E-state index >= 15 is 0 Å².